The second-order valence-corrected chi connectivity index (χ2v) is 8.94. The summed E-state index contributed by atoms with van der Waals surface area (Å²) in [7, 11) is 1.56. The average molecular weight is 411 g/mol. The number of benzene rings is 1. The van der Waals surface area contributed by atoms with Crippen LogP contribution in [0.1, 0.15) is 31.2 Å². The summed E-state index contributed by atoms with van der Waals surface area (Å²) in [5.41, 5.74) is 0.913. The number of aliphatic hydroxyl groups excluding tert-OH is 1. The van der Waals surface area contributed by atoms with E-state index in [2.05, 4.69) is 4.90 Å². The second kappa shape index (κ2) is 8.74. The second-order valence-electron chi connectivity index (χ2n) is 8.94. The molecule has 1 saturated carbocycles. The number of hydrogen-bond acceptors (Lipinski definition) is 5. The average Bonchev–Trinajstić information content (AvgIpc) is 3.35. The predicted octanol–water partition coefficient (Wildman–Crippen LogP) is 3.01. The minimum atomic E-state index is -2.59. The van der Waals surface area contributed by atoms with Crippen molar-refractivity contribution >= 4 is 0 Å². The molecule has 1 unspecified atom stereocenters. The van der Waals surface area contributed by atoms with Crippen LogP contribution in [0.4, 0.5) is 8.78 Å². The zero-order chi connectivity index (χ0) is 20.4. The van der Waals surface area contributed by atoms with E-state index >= 15 is 0 Å². The van der Waals surface area contributed by atoms with Crippen molar-refractivity contribution in [1.82, 2.24) is 9.80 Å². The Morgan fingerprint density at radius 1 is 1.17 bits per heavy atom. The smallest absolute Gasteiger partial charge is 0.261 e. The maximum Gasteiger partial charge on any atom is 0.261 e. The van der Waals surface area contributed by atoms with Crippen LogP contribution in [0.25, 0.3) is 0 Å². The van der Waals surface area contributed by atoms with Gasteiger partial charge in [-0.3, -0.25) is 4.90 Å². The lowest BCUT2D eigenvalue weighted by atomic mass is 10.0. The van der Waals surface area contributed by atoms with Crippen molar-refractivity contribution in [3.8, 4) is 11.5 Å². The molecule has 1 aromatic rings. The van der Waals surface area contributed by atoms with Crippen LogP contribution in [0.2, 0.25) is 0 Å². The minimum absolute atomic E-state index is 0.0816. The Morgan fingerprint density at radius 3 is 2.59 bits per heavy atom. The van der Waals surface area contributed by atoms with E-state index in [-0.39, 0.29) is 19.6 Å². The van der Waals surface area contributed by atoms with Crippen LogP contribution in [-0.4, -0.2) is 73.4 Å². The Morgan fingerprint density at radius 2 is 1.93 bits per heavy atom. The molecule has 4 rings (SSSR count). The highest BCUT2D eigenvalue weighted by Gasteiger charge is 2.38. The molecule has 3 atom stereocenters. The first kappa shape index (κ1) is 20.8. The molecule has 1 N–H and O–H groups in total. The lowest BCUT2D eigenvalue weighted by Gasteiger charge is -2.22. The zero-order valence-electron chi connectivity index (χ0n) is 17.2. The number of aliphatic hydroxyl groups is 1. The van der Waals surface area contributed by atoms with Crippen molar-refractivity contribution in [2.24, 2.45) is 11.8 Å². The highest BCUT2D eigenvalue weighted by molar-refractivity contribution is 5.43. The summed E-state index contributed by atoms with van der Waals surface area (Å²) < 4.78 is 38.0. The molecule has 5 nitrogen and oxygen atoms in total. The number of methoxy groups -OCH3 is 1. The molecule has 3 fully saturated rings. The number of ether oxygens (including phenoxy) is 2. The number of β-amino-alcohol motifs (C(OH)–C–C–N with tert-alkyl or cyclic N) is 1. The Balaban J connectivity index is 1.27. The predicted molar refractivity (Wildman–Crippen MR) is 107 cm³/mol. The van der Waals surface area contributed by atoms with Crippen LogP contribution in [0.3, 0.4) is 0 Å². The Kier molecular flexibility index (Phi) is 6.27. The first-order valence-electron chi connectivity index (χ1n) is 10.7. The molecule has 0 bridgehead atoms. The molecule has 1 aliphatic carbocycles. The first-order valence-corrected chi connectivity index (χ1v) is 10.7. The molecule has 7 heteroatoms. The van der Waals surface area contributed by atoms with E-state index in [1.807, 2.05) is 12.1 Å². The van der Waals surface area contributed by atoms with E-state index in [9.17, 15) is 13.9 Å². The van der Waals surface area contributed by atoms with Gasteiger partial charge in [-0.1, -0.05) is 12.5 Å². The zero-order valence-corrected chi connectivity index (χ0v) is 17.2. The number of halogens is 2. The van der Waals surface area contributed by atoms with E-state index in [1.54, 1.807) is 18.1 Å². The maximum atomic E-state index is 13.4. The summed E-state index contributed by atoms with van der Waals surface area (Å²) in [5.74, 6) is 0.173. The Bertz CT molecular complexity index is 691. The fourth-order valence-electron chi connectivity index (χ4n) is 5.15. The summed E-state index contributed by atoms with van der Waals surface area (Å²) >= 11 is 0. The highest BCUT2D eigenvalue weighted by atomic mass is 19.3. The summed E-state index contributed by atoms with van der Waals surface area (Å²) in [5, 5.41) is 10.4. The molecule has 3 aliphatic rings. The highest BCUT2D eigenvalue weighted by Crippen LogP contribution is 2.37. The molecule has 0 aromatic heterocycles. The molecule has 0 spiro atoms. The molecule has 29 heavy (non-hydrogen) atoms. The van der Waals surface area contributed by atoms with Gasteiger partial charge in [-0.25, -0.2) is 8.78 Å². The van der Waals surface area contributed by atoms with Crippen LogP contribution in [-0.2, 0) is 6.54 Å². The molecule has 0 radical (unpaired) electrons. The number of rotatable bonds is 8. The summed E-state index contributed by atoms with van der Waals surface area (Å²) in [6.45, 7) is 3.70. The van der Waals surface area contributed by atoms with Crippen molar-refractivity contribution in [3.05, 3.63) is 23.8 Å². The van der Waals surface area contributed by atoms with E-state index in [0.717, 1.165) is 30.5 Å². The number of hydrogen-bond donors (Lipinski definition) is 1. The van der Waals surface area contributed by atoms with Crippen LogP contribution >= 0.6 is 0 Å². The molecule has 1 aromatic carbocycles. The van der Waals surface area contributed by atoms with Crippen molar-refractivity contribution in [3.63, 3.8) is 0 Å². The lowest BCUT2D eigenvalue weighted by Crippen LogP contribution is -2.34. The van der Waals surface area contributed by atoms with Crippen LogP contribution in [0, 0.1) is 11.8 Å². The van der Waals surface area contributed by atoms with Gasteiger partial charge in [0.2, 0.25) is 0 Å². The first-order chi connectivity index (χ1) is 13.9. The lowest BCUT2D eigenvalue weighted by molar-refractivity contribution is 0.0115. The molecule has 2 saturated heterocycles. The van der Waals surface area contributed by atoms with Gasteiger partial charge in [-0.05, 0) is 42.4 Å². The molecule has 0 amide bonds. The van der Waals surface area contributed by atoms with E-state index < -0.39 is 12.0 Å². The van der Waals surface area contributed by atoms with E-state index in [4.69, 9.17) is 9.47 Å². The van der Waals surface area contributed by atoms with Gasteiger partial charge in [0.25, 0.3) is 5.92 Å². The summed E-state index contributed by atoms with van der Waals surface area (Å²) in [6, 6.07) is 5.51. The van der Waals surface area contributed by atoms with Gasteiger partial charge >= 0.3 is 0 Å². The van der Waals surface area contributed by atoms with Gasteiger partial charge in [0.05, 0.1) is 13.7 Å². The molecular weight excluding hydrogens is 378 g/mol. The molecule has 162 valence electrons. The van der Waals surface area contributed by atoms with Crippen molar-refractivity contribution in [1.29, 1.82) is 0 Å². The fraction of sp³-hybridized carbons (Fsp3) is 0.727. The third-order valence-corrected chi connectivity index (χ3v) is 6.59. The number of fused-ring (bicyclic) bond motifs is 1. The number of nitrogens with zero attached hydrogens (tertiary/aromatic N) is 2. The standard InChI is InChI=1S/C22H32F2N2O3/c1-28-21-9-16(10-25-8-7-22(23,24)15-25)5-6-20(21)29-14-19(27)13-26-11-17-3-2-4-18(17)12-26/h5-6,9,17-19,27H,2-4,7-8,10-15H2,1H3/t17-,18+,19?. The summed E-state index contributed by atoms with van der Waals surface area (Å²) in [6.07, 6.45) is 3.37. The van der Waals surface area contributed by atoms with Gasteiger partial charge in [-0.2, -0.15) is 0 Å². The van der Waals surface area contributed by atoms with Gasteiger partial charge in [0, 0.05) is 39.1 Å². The molecule has 2 aliphatic heterocycles. The van der Waals surface area contributed by atoms with Crippen LogP contribution in [0.5, 0.6) is 11.5 Å². The third-order valence-electron chi connectivity index (χ3n) is 6.59. The monoisotopic (exact) mass is 410 g/mol. The largest absolute Gasteiger partial charge is 0.493 e. The maximum absolute atomic E-state index is 13.4. The van der Waals surface area contributed by atoms with Gasteiger partial charge in [-0.15, -0.1) is 0 Å². The van der Waals surface area contributed by atoms with Crippen LogP contribution in [0.15, 0.2) is 18.2 Å². The quantitative estimate of drug-likeness (QED) is 0.714. The van der Waals surface area contributed by atoms with Crippen LogP contribution < -0.4 is 9.47 Å². The van der Waals surface area contributed by atoms with Crippen molar-refractivity contribution < 1.29 is 23.4 Å². The van der Waals surface area contributed by atoms with Crippen molar-refractivity contribution in [2.45, 2.75) is 44.3 Å². The minimum Gasteiger partial charge on any atom is -0.493 e. The normalized spacial score (nSPS) is 27.9. The summed E-state index contributed by atoms with van der Waals surface area (Å²) in [4.78, 5) is 4.11. The Hall–Kier alpha value is -1.44. The van der Waals surface area contributed by atoms with Crippen molar-refractivity contribution in [2.75, 3.05) is 46.4 Å². The van der Waals surface area contributed by atoms with Gasteiger partial charge < -0.3 is 19.5 Å². The molecule has 2 heterocycles. The SMILES string of the molecule is COc1cc(CN2CCC(F)(F)C2)ccc1OCC(O)CN1C[C@H]2CCC[C@H]2C1. The van der Waals surface area contributed by atoms with E-state index in [0.29, 0.717) is 31.1 Å². The number of alkyl halides is 2. The third kappa shape index (κ3) is 5.19. The molecular formula is C22H32F2N2O3. The Labute approximate surface area is 171 Å². The topological polar surface area (TPSA) is 45.2 Å². The number of likely N-dealkylation sites (tertiary alicyclic amines) is 2. The van der Waals surface area contributed by atoms with Gasteiger partial charge in [0.15, 0.2) is 11.5 Å². The van der Waals surface area contributed by atoms with E-state index in [1.165, 1.54) is 19.3 Å². The van der Waals surface area contributed by atoms with Gasteiger partial charge in [0.1, 0.15) is 12.7 Å². The fourth-order valence-corrected chi connectivity index (χ4v) is 5.15.